The van der Waals surface area contributed by atoms with E-state index in [0.717, 1.165) is 45.8 Å². The molecule has 0 saturated heterocycles. The van der Waals surface area contributed by atoms with Gasteiger partial charge in [0, 0.05) is 29.1 Å². The molecule has 1 aromatic rings. The summed E-state index contributed by atoms with van der Waals surface area (Å²) in [4.78, 5) is 26.5. The molecule has 1 aliphatic heterocycles. The van der Waals surface area contributed by atoms with E-state index in [1.807, 2.05) is 33.8 Å². The number of nitrogens with one attached hydrogen (secondary N) is 2. The average Bonchev–Trinajstić information content (AvgIpc) is 2.94. The Balaban J connectivity index is 2.30. The lowest BCUT2D eigenvalue weighted by molar-refractivity contribution is -0.140. The number of carbonyl (C=O) groups excluding carboxylic acids is 2. The van der Waals surface area contributed by atoms with Crippen molar-refractivity contribution in [2.75, 3.05) is 7.11 Å². The van der Waals surface area contributed by atoms with Gasteiger partial charge in [0.2, 0.25) is 0 Å². The van der Waals surface area contributed by atoms with Gasteiger partial charge in [0.25, 0.3) is 5.91 Å². The number of H-pyrrole nitrogens is 1. The van der Waals surface area contributed by atoms with Crippen LogP contribution in [0.15, 0.2) is 16.8 Å². The Morgan fingerprint density at radius 1 is 1.26 bits per heavy atom. The fourth-order valence-corrected chi connectivity index (χ4v) is 3.02. The number of amides is 1. The largest absolute Gasteiger partial charge is 0.469 e. The van der Waals surface area contributed by atoms with E-state index in [0.29, 0.717) is 12.8 Å². The lowest BCUT2D eigenvalue weighted by Crippen LogP contribution is -2.15. The Hall–Kier alpha value is -2.30. The van der Waals surface area contributed by atoms with Gasteiger partial charge in [-0.1, -0.05) is 6.92 Å². The summed E-state index contributed by atoms with van der Waals surface area (Å²) in [5, 5.41) is 2.92. The molecule has 0 aromatic carbocycles. The Labute approximate surface area is 136 Å². The molecule has 0 atom stereocenters. The summed E-state index contributed by atoms with van der Waals surface area (Å²) in [6, 6.07) is 0. The van der Waals surface area contributed by atoms with Gasteiger partial charge in [0.15, 0.2) is 0 Å². The van der Waals surface area contributed by atoms with Crippen LogP contribution in [-0.4, -0.2) is 24.0 Å². The molecule has 0 spiro atoms. The number of methoxy groups -OCH3 is 1. The van der Waals surface area contributed by atoms with Crippen molar-refractivity contribution in [3.05, 3.63) is 39.4 Å². The third-order valence-electron chi connectivity index (χ3n) is 4.45. The molecule has 124 valence electrons. The van der Waals surface area contributed by atoms with Crippen molar-refractivity contribution in [3.63, 3.8) is 0 Å². The van der Waals surface area contributed by atoms with E-state index in [-0.39, 0.29) is 11.9 Å². The number of hydrogen-bond donors (Lipinski definition) is 2. The van der Waals surface area contributed by atoms with Crippen LogP contribution in [0, 0.1) is 13.8 Å². The molecule has 0 saturated carbocycles. The number of rotatable bonds is 5. The molecule has 2 N–H and O–H groups in total. The molecule has 5 nitrogen and oxygen atoms in total. The van der Waals surface area contributed by atoms with Gasteiger partial charge in [-0.3, -0.25) is 9.59 Å². The van der Waals surface area contributed by atoms with E-state index in [1.54, 1.807) is 0 Å². The Bertz CT molecular complexity index is 708. The lowest BCUT2D eigenvalue weighted by Gasteiger charge is -2.04. The van der Waals surface area contributed by atoms with Crippen molar-refractivity contribution in [1.29, 1.82) is 0 Å². The first-order chi connectivity index (χ1) is 10.9. The molecule has 2 heterocycles. The van der Waals surface area contributed by atoms with Crippen LogP contribution in [0.25, 0.3) is 6.08 Å². The van der Waals surface area contributed by atoms with Gasteiger partial charge in [-0.2, -0.15) is 0 Å². The Morgan fingerprint density at radius 3 is 2.57 bits per heavy atom. The fourth-order valence-electron chi connectivity index (χ4n) is 3.02. The van der Waals surface area contributed by atoms with Crippen LogP contribution in [0.5, 0.6) is 0 Å². The molecule has 0 bridgehead atoms. The van der Waals surface area contributed by atoms with Crippen LogP contribution in [0.1, 0.15) is 49.2 Å². The van der Waals surface area contributed by atoms with Crippen molar-refractivity contribution in [3.8, 4) is 0 Å². The zero-order valence-electron chi connectivity index (χ0n) is 14.4. The predicted octanol–water partition coefficient (Wildman–Crippen LogP) is 2.93. The zero-order valence-corrected chi connectivity index (χ0v) is 14.4. The molecule has 0 fully saturated rings. The van der Waals surface area contributed by atoms with Gasteiger partial charge in [-0.15, -0.1) is 0 Å². The summed E-state index contributed by atoms with van der Waals surface area (Å²) >= 11 is 0. The van der Waals surface area contributed by atoms with Gasteiger partial charge < -0.3 is 15.0 Å². The topological polar surface area (TPSA) is 71.2 Å². The molecule has 1 aliphatic rings. The average molecular weight is 316 g/mol. The lowest BCUT2D eigenvalue weighted by atomic mass is 10.0. The second-order valence-corrected chi connectivity index (χ2v) is 5.81. The van der Waals surface area contributed by atoms with Gasteiger partial charge in [-0.05, 0) is 56.4 Å². The Kier molecular flexibility index (Phi) is 5.08. The second-order valence-electron chi connectivity index (χ2n) is 5.81. The first-order valence-corrected chi connectivity index (χ1v) is 7.87. The van der Waals surface area contributed by atoms with Crippen LogP contribution in [-0.2, 0) is 20.7 Å². The normalized spacial score (nSPS) is 16.2. The molecular weight excluding hydrogens is 292 g/mol. The van der Waals surface area contributed by atoms with Gasteiger partial charge in [-0.25, -0.2) is 0 Å². The van der Waals surface area contributed by atoms with Crippen molar-refractivity contribution in [2.45, 2.75) is 47.0 Å². The standard InChI is InChI=1S/C18H24N2O3/c1-6-13-11(3)18(22)20-16(13)9-15-10(2)14(12(4)19-15)7-8-17(21)23-5/h9,19H,6-8H2,1-5H3,(H,20,22)/b16-9+. The number of aryl methyl sites for hydroxylation is 1. The summed E-state index contributed by atoms with van der Waals surface area (Å²) in [5.74, 6) is -0.236. The Morgan fingerprint density at radius 2 is 1.96 bits per heavy atom. The van der Waals surface area contributed by atoms with E-state index >= 15 is 0 Å². The monoisotopic (exact) mass is 316 g/mol. The van der Waals surface area contributed by atoms with Crippen LogP contribution in [0.3, 0.4) is 0 Å². The minimum Gasteiger partial charge on any atom is -0.469 e. The van der Waals surface area contributed by atoms with Crippen molar-refractivity contribution in [2.24, 2.45) is 0 Å². The highest BCUT2D eigenvalue weighted by atomic mass is 16.5. The molecule has 0 unspecified atom stereocenters. The zero-order chi connectivity index (χ0) is 17.1. The van der Waals surface area contributed by atoms with Crippen LogP contribution >= 0.6 is 0 Å². The van der Waals surface area contributed by atoms with Crippen molar-refractivity contribution >= 4 is 18.0 Å². The van der Waals surface area contributed by atoms with Crippen LogP contribution in [0.2, 0.25) is 0 Å². The highest BCUT2D eigenvalue weighted by molar-refractivity contribution is 6.00. The molecular formula is C18H24N2O3. The van der Waals surface area contributed by atoms with E-state index in [2.05, 4.69) is 10.3 Å². The molecule has 0 radical (unpaired) electrons. The molecule has 0 aliphatic carbocycles. The fraction of sp³-hybridized carbons (Fsp3) is 0.444. The first-order valence-electron chi connectivity index (χ1n) is 7.87. The number of hydrogen-bond acceptors (Lipinski definition) is 3. The number of carbonyl (C=O) groups is 2. The molecule has 1 aromatic heterocycles. The van der Waals surface area contributed by atoms with Crippen molar-refractivity contribution in [1.82, 2.24) is 10.3 Å². The summed E-state index contributed by atoms with van der Waals surface area (Å²) in [6.45, 7) is 7.92. The third-order valence-corrected chi connectivity index (χ3v) is 4.45. The molecule has 2 rings (SSSR count). The summed E-state index contributed by atoms with van der Waals surface area (Å²) < 4.78 is 4.70. The summed E-state index contributed by atoms with van der Waals surface area (Å²) in [5.41, 5.74) is 6.94. The maximum atomic E-state index is 11.8. The summed E-state index contributed by atoms with van der Waals surface area (Å²) in [7, 11) is 1.40. The highest BCUT2D eigenvalue weighted by Crippen LogP contribution is 2.27. The van der Waals surface area contributed by atoms with E-state index in [1.165, 1.54) is 7.11 Å². The number of esters is 1. The minimum atomic E-state index is -0.209. The van der Waals surface area contributed by atoms with Crippen molar-refractivity contribution < 1.29 is 14.3 Å². The van der Waals surface area contributed by atoms with E-state index in [9.17, 15) is 9.59 Å². The smallest absolute Gasteiger partial charge is 0.305 e. The van der Waals surface area contributed by atoms with E-state index < -0.39 is 0 Å². The van der Waals surface area contributed by atoms with Gasteiger partial charge in [0.05, 0.1) is 7.11 Å². The summed E-state index contributed by atoms with van der Waals surface area (Å²) in [6.07, 6.45) is 3.80. The van der Waals surface area contributed by atoms with Crippen LogP contribution < -0.4 is 5.32 Å². The molecule has 23 heavy (non-hydrogen) atoms. The first kappa shape index (κ1) is 17.1. The second kappa shape index (κ2) is 6.86. The van der Waals surface area contributed by atoms with Gasteiger partial charge in [0.1, 0.15) is 0 Å². The molecule has 5 heteroatoms. The predicted molar refractivity (Wildman–Crippen MR) is 89.7 cm³/mol. The van der Waals surface area contributed by atoms with Crippen LogP contribution in [0.4, 0.5) is 0 Å². The third kappa shape index (κ3) is 3.38. The maximum Gasteiger partial charge on any atom is 0.305 e. The number of aromatic nitrogens is 1. The SMILES string of the molecule is CCC1=C(C)C(=O)N/C1=C/c1[nH]c(C)c(CCC(=O)OC)c1C. The number of allylic oxidation sites excluding steroid dienone is 1. The molecule has 1 amide bonds. The van der Waals surface area contributed by atoms with Gasteiger partial charge >= 0.3 is 5.97 Å². The van der Waals surface area contributed by atoms with E-state index in [4.69, 9.17) is 4.74 Å². The minimum absolute atomic E-state index is 0.0278. The highest BCUT2D eigenvalue weighted by Gasteiger charge is 2.23. The quantitative estimate of drug-likeness (QED) is 0.821. The maximum absolute atomic E-state index is 11.8. The number of ether oxygens (including phenoxy) is 1. The number of aromatic amines is 1.